The SMILES string of the molecule is CCCCC/C=C\C/C=C\CCCCCCCCCCCC(=O)OC(COCCCCCCCCCCCCCCCCCCCCCCCCCC)COP(=O)(O)OCC[N+](C)(C)C. The van der Waals surface area contributed by atoms with Crippen molar-refractivity contribution in [1.29, 1.82) is 0 Å². The molecule has 0 rings (SSSR count). The zero-order chi connectivity index (χ0) is 47.6. The molecule has 65 heavy (non-hydrogen) atoms. The lowest BCUT2D eigenvalue weighted by atomic mass is 10.0. The summed E-state index contributed by atoms with van der Waals surface area (Å²) in [5, 5.41) is 0. The van der Waals surface area contributed by atoms with Gasteiger partial charge in [0.05, 0.1) is 34.4 Å². The molecule has 0 bridgehead atoms. The topological polar surface area (TPSA) is 91.3 Å². The average Bonchev–Trinajstić information content (AvgIpc) is 3.27. The van der Waals surface area contributed by atoms with Crippen LogP contribution in [0.15, 0.2) is 24.3 Å². The summed E-state index contributed by atoms with van der Waals surface area (Å²) in [6, 6.07) is 0. The van der Waals surface area contributed by atoms with E-state index in [4.69, 9.17) is 18.5 Å². The molecule has 0 aromatic heterocycles. The predicted octanol–water partition coefficient (Wildman–Crippen LogP) is 17.5. The normalized spacial score (nSPS) is 13.6. The molecule has 0 heterocycles. The minimum Gasteiger partial charge on any atom is -0.457 e. The van der Waals surface area contributed by atoms with Gasteiger partial charge in [-0.2, -0.15) is 0 Å². The van der Waals surface area contributed by atoms with Gasteiger partial charge in [0.1, 0.15) is 19.3 Å². The fourth-order valence-electron chi connectivity index (χ4n) is 8.17. The number of phosphoric ester groups is 1. The highest BCUT2D eigenvalue weighted by Crippen LogP contribution is 2.43. The molecular formula is C56H111NO7P+. The van der Waals surface area contributed by atoms with E-state index in [0.29, 0.717) is 24.1 Å². The average molecular weight is 941 g/mol. The van der Waals surface area contributed by atoms with Crippen LogP contribution in [-0.2, 0) is 27.9 Å². The second-order valence-electron chi connectivity index (χ2n) is 20.3. The van der Waals surface area contributed by atoms with Crippen molar-refractivity contribution in [1.82, 2.24) is 0 Å². The summed E-state index contributed by atoms with van der Waals surface area (Å²) >= 11 is 0. The van der Waals surface area contributed by atoms with E-state index in [1.165, 1.54) is 212 Å². The summed E-state index contributed by atoms with van der Waals surface area (Å²) in [6.45, 7) is 5.66. The van der Waals surface area contributed by atoms with Crippen LogP contribution in [0.25, 0.3) is 0 Å². The highest BCUT2D eigenvalue weighted by atomic mass is 31.2. The number of carbonyl (C=O) groups is 1. The number of quaternary nitrogens is 1. The lowest BCUT2D eigenvalue weighted by molar-refractivity contribution is -0.870. The lowest BCUT2D eigenvalue weighted by Gasteiger charge is -2.24. The van der Waals surface area contributed by atoms with Crippen LogP contribution in [0.5, 0.6) is 0 Å². The van der Waals surface area contributed by atoms with Gasteiger partial charge in [-0.25, -0.2) is 4.57 Å². The molecule has 0 aromatic carbocycles. The van der Waals surface area contributed by atoms with Crippen LogP contribution in [0.3, 0.4) is 0 Å². The number of ether oxygens (including phenoxy) is 2. The van der Waals surface area contributed by atoms with Crippen molar-refractivity contribution in [2.75, 3.05) is 54.1 Å². The molecule has 0 amide bonds. The molecule has 0 aliphatic carbocycles. The van der Waals surface area contributed by atoms with E-state index in [9.17, 15) is 14.3 Å². The second kappa shape index (κ2) is 49.4. The van der Waals surface area contributed by atoms with Crippen LogP contribution in [0.4, 0.5) is 0 Å². The Bertz CT molecular complexity index is 1090. The van der Waals surface area contributed by atoms with E-state index in [1.807, 2.05) is 21.1 Å². The van der Waals surface area contributed by atoms with Crippen molar-refractivity contribution in [3.63, 3.8) is 0 Å². The number of allylic oxidation sites excluding steroid dienone is 4. The Morgan fingerprint density at radius 1 is 0.477 bits per heavy atom. The number of carbonyl (C=O) groups excluding carboxylic acids is 1. The minimum absolute atomic E-state index is 0.0902. The van der Waals surface area contributed by atoms with Crippen molar-refractivity contribution in [2.24, 2.45) is 0 Å². The summed E-state index contributed by atoms with van der Waals surface area (Å²) in [6.07, 6.45) is 59.5. The molecule has 0 aromatic rings. The van der Waals surface area contributed by atoms with Crippen LogP contribution in [0.2, 0.25) is 0 Å². The number of likely N-dealkylation sites (N-methyl/N-ethyl adjacent to an activating group) is 1. The van der Waals surface area contributed by atoms with Gasteiger partial charge >= 0.3 is 13.8 Å². The van der Waals surface area contributed by atoms with Crippen molar-refractivity contribution in [3.05, 3.63) is 24.3 Å². The molecule has 2 unspecified atom stereocenters. The highest BCUT2D eigenvalue weighted by Gasteiger charge is 2.26. The summed E-state index contributed by atoms with van der Waals surface area (Å²) in [5.74, 6) is -0.312. The highest BCUT2D eigenvalue weighted by molar-refractivity contribution is 7.47. The first-order valence-electron chi connectivity index (χ1n) is 28.1. The lowest BCUT2D eigenvalue weighted by Crippen LogP contribution is -2.37. The molecule has 0 saturated heterocycles. The fourth-order valence-corrected chi connectivity index (χ4v) is 8.92. The van der Waals surface area contributed by atoms with E-state index >= 15 is 0 Å². The minimum atomic E-state index is -4.28. The first kappa shape index (κ1) is 64.0. The third-order valence-corrected chi connectivity index (χ3v) is 13.5. The molecule has 0 fully saturated rings. The van der Waals surface area contributed by atoms with E-state index < -0.39 is 13.9 Å². The first-order chi connectivity index (χ1) is 31.6. The van der Waals surface area contributed by atoms with E-state index in [2.05, 4.69) is 38.2 Å². The second-order valence-corrected chi connectivity index (χ2v) is 21.8. The number of unbranched alkanes of at least 4 members (excludes halogenated alkanes) is 35. The number of esters is 1. The van der Waals surface area contributed by atoms with Crippen molar-refractivity contribution in [3.8, 4) is 0 Å². The van der Waals surface area contributed by atoms with Crippen LogP contribution in [0.1, 0.15) is 271 Å². The zero-order valence-electron chi connectivity index (χ0n) is 44.0. The van der Waals surface area contributed by atoms with Gasteiger partial charge in [-0.05, 0) is 44.9 Å². The van der Waals surface area contributed by atoms with Gasteiger partial charge < -0.3 is 18.9 Å². The maximum absolute atomic E-state index is 12.8. The number of hydrogen-bond acceptors (Lipinski definition) is 6. The Morgan fingerprint density at radius 3 is 1.28 bits per heavy atom. The maximum Gasteiger partial charge on any atom is 0.472 e. The molecule has 386 valence electrons. The summed E-state index contributed by atoms with van der Waals surface area (Å²) in [5.41, 5.74) is 0. The molecule has 2 atom stereocenters. The van der Waals surface area contributed by atoms with Crippen molar-refractivity contribution >= 4 is 13.8 Å². The number of nitrogens with zero attached hydrogens (tertiary/aromatic N) is 1. The molecule has 0 saturated carbocycles. The Balaban J connectivity index is 4.04. The molecule has 9 heteroatoms. The monoisotopic (exact) mass is 941 g/mol. The van der Waals surface area contributed by atoms with Gasteiger partial charge in [-0.15, -0.1) is 0 Å². The standard InChI is InChI=1S/C56H110NO7P/c1-6-8-10-12-14-16-18-20-22-24-26-27-28-29-30-32-34-36-38-40-42-44-46-48-51-61-53-55(54-63-65(59,60)62-52-50-57(3,4)5)64-56(58)49-47-45-43-41-39-37-35-33-31-25-23-21-19-17-15-13-11-9-7-2/h15,17,21,23,55H,6-14,16,18-20,22,24-54H2,1-5H3/p+1/b17-15-,23-21-. The third kappa shape index (κ3) is 53.8. The smallest absolute Gasteiger partial charge is 0.457 e. The van der Waals surface area contributed by atoms with Gasteiger partial charge in [0.15, 0.2) is 0 Å². The Kier molecular flexibility index (Phi) is 48.6. The largest absolute Gasteiger partial charge is 0.472 e. The van der Waals surface area contributed by atoms with Crippen LogP contribution in [0, 0.1) is 0 Å². The maximum atomic E-state index is 12.8. The zero-order valence-corrected chi connectivity index (χ0v) is 44.9. The van der Waals surface area contributed by atoms with Crippen LogP contribution in [-0.4, -0.2) is 75.6 Å². The Morgan fingerprint density at radius 2 is 0.846 bits per heavy atom. The van der Waals surface area contributed by atoms with Crippen molar-refractivity contribution in [2.45, 2.75) is 277 Å². The van der Waals surface area contributed by atoms with Gasteiger partial charge in [-0.3, -0.25) is 13.8 Å². The summed E-state index contributed by atoms with van der Waals surface area (Å²) < 4.78 is 35.2. The van der Waals surface area contributed by atoms with Gasteiger partial charge in [0.2, 0.25) is 0 Å². The van der Waals surface area contributed by atoms with E-state index in [1.54, 1.807) is 0 Å². The molecule has 0 aliphatic heterocycles. The van der Waals surface area contributed by atoms with Crippen LogP contribution < -0.4 is 0 Å². The quantitative estimate of drug-likeness (QED) is 0.0213. The summed E-state index contributed by atoms with van der Waals surface area (Å²) in [7, 11) is 1.68. The summed E-state index contributed by atoms with van der Waals surface area (Å²) in [4.78, 5) is 23.0. The van der Waals surface area contributed by atoms with Gasteiger partial charge in [-0.1, -0.05) is 244 Å². The number of hydrogen-bond donors (Lipinski definition) is 1. The first-order valence-corrected chi connectivity index (χ1v) is 29.6. The van der Waals surface area contributed by atoms with Gasteiger partial charge in [0.25, 0.3) is 0 Å². The predicted molar refractivity (Wildman–Crippen MR) is 280 cm³/mol. The third-order valence-electron chi connectivity index (χ3n) is 12.5. The molecule has 0 aliphatic rings. The molecule has 1 N–H and O–H groups in total. The Hall–Kier alpha value is -1.02. The van der Waals surface area contributed by atoms with E-state index in [-0.39, 0.29) is 25.8 Å². The van der Waals surface area contributed by atoms with Crippen molar-refractivity contribution < 1.29 is 37.3 Å². The molecule has 0 spiro atoms. The molecule has 8 nitrogen and oxygen atoms in total. The molecule has 0 radical (unpaired) electrons. The number of rotatable bonds is 53. The van der Waals surface area contributed by atoms with E-state index in [0.717, 1.165) is 38.5 Å². The van der Waals surface area contributed by atoms with Crippen LogP contribution >= 0.6 is 7.82 Å². The Labute approximate surface area is 404 Å². The van der Waals surface area contributed by atoms with Gasteiger partial charge in [0, 0.05) is 13.0 Å². The molecular weight excluding hydrogens is 830 g/mol. The fraction of sp³-hybridized carbons (Fsp3) is 0.911. The number of phosphoric acid groups is 1.